The SMILES string of the molecule is c1ccc(-c2nc(-c3ccc(-n4c5ccccc5c5c6sc7ccccc7c6c6oc7ccccc7c6c54)cc3)nc(C34CC5CC(CC(C5)C3)C4)n2)cc1. The number of aromatic nitrogens is 4. The Morgan fingerprint density at radius 2 is 1.18 bits per heavy atom. The molecule has 0 amide bonds. The zero-order valence-electron chi connectivity index (χ0n) is 30.2. The topological polar surface area (TPSA) is 56.7 Å². The molecule has 4 aliphatic carbocycles. The summed E-state index contributed by atoms with van der Waals surface area (Å²) in [6.45, 7) is 0. The molecule has 6 aromatic carbocycles. The molecule has 5 nitrogen and oxygen atoms in total. The molecule has 0 atom stereocenters. The molecule has 4 fully saturated rings. The number of thiophene rings is 1. The number of rotatable bonds is 4. The van der Waals surface area contributed by atoms with E-state index >= 15 is 0 Å². The van der Waals surface area contributed by atoms with E-state index in [0.29, 0.717) is 0 Å². The van der Waals surface area contributed by atoms with Crippen LogP contribution in [0.5, 0.6) is 0 Å². The first-order valence-corrected chi connectivity index (χ1v) is 20.6. The monoisotopic (exact) mass is 728 g/mol. The highest BCUT2D eigenvalue weighted by Gasteiger charge is 2.53. The largest absolute Gasteiger partial charge is 0.455 e. The van der Waals surface area contributed by atoms with Crippen LogP contribution in [0.15, 0.2) is 132 Å². The van der Waals surface area contributed by atoms with E-state index in [0.717, 1.165) is 74.0 Å². The van der Waals surface area contributed by atoms with Crippen molar-refractivity contribution < 1.29 is 4.42 Å². The number of fused-ring (bicyclic) bond motifs is 12. The van der Waals surface area contributed by atoms with Crippen LogP contribution in [0.1, 0.15) is 44.3 Å². The average molecular weight is 729 g/mol. The molecule has 4 bridgehead atoms. The first-order valence-electron chi connectivity index (χ1n) is 19.8. The molecule has 10 aromatic rings. The molecule has 4 aliphatic rings. The van der Waals surface area contributed by atoms with Crippen molar-refractivity contribution in [2.24, 2.45) is 17.8 Å². The van der Waals surface area contributed by atoms with Gasteiger partial charge in [-0.2, -0.15) is 0 Å². The van der Waals surface area contributed by atoms with Gasteiger partial charge >= 0.3 is 0 Å². The van der Waals surface area contributed by atoms with E-state index in [9.17, 15) is 0 Å². The van der Waals surface area contributed by atoms with Gasteiger partial charge in [-0.3, -0.25) is 0 Å². The molecule has 4 aromatic heterocycles. The van der Waals surface area contributed by atoms with Gasteiger partial charge in [0.2, 0.25) is 0 Å². The van der Waals surface area contributed by atoms with Crippen LogP contribution in [0, 0.1) is 17.8 Å². The highest BCUT2D eigenvalue weighted by Crippen LogP contribution is 2.60. The van der Waals surface area contributed by atoms with Crippen LogP contribution in [-0.4, -0.2) is 19.5 Å². The van der Waals surface area contributed by atoms with Gasteiger partial charge in [-0.25, -0.2) is 15.0 Å². The molecule has 264 valence electrons. The maximum Gasteiger partial charge on any atom is 0.163 e. The quantitative estimate of drug-likeness (QED) is 0.181. The molecule has 4 heterocycles. The predicted octanol–water partition coefficient (Wildman–Crippen LogP) is 13.0. The number of para-hydroxylation sites is 2. The van der Waals surface area contributed by atoms with Gasteiger partial charge in [-0.05, 0) is 98.7 Å². The van der Waals surface area contributed by atoms with Gasteiger partial charge in [0.1, 0.15) is 17.0 Å². The second-order valence-electron chi connectivity index (χ2n) is 16.6. The summed E-state index contributed by atoms with van der Waals surface area (Å²) in [7, 11) is 0. The van der Waals surface area contributed by atoms with E-state index in [2.05, 4.69) is 132 Å². The van der Waals surface area contributed by atoms with Crippen molar-refractivity contribution >= 4 is 75.3 Å². The molecule has 6 heteroatoms. The van der Waals surface area contributed by atoms with Crippen LogP contribution in [0.3, 0.4) is 0 Å². The highest BCUT2D eigenvalue weighted by atomic mass is 32.1. The van der Waals surface area contributed by atoms with Crippen molar-refractivity contribution in [3.05, 3.63) is 133 Å². The van der Waals surface area contributed by atoms with Gasteiger partial charge in [0, 0.05) is 58.6 Å². The summed E-state index contributed by atoms with van der Waals surface area (Å²) >= 11 is 1.86. The lowest BCUT2D eigenvalue weighted by atomic mass is 9.49. The second-order valence-corrected chi connectivity index (χ2v) is 17.7. The van der Waals surface area contributed by atoms with Crippen molar-refractivity contribution in [1.29, 1.82) is 0 Å². The second kappa shape index (κ2) is 11.1. The molecule has 0 radical (unpaired) electrons. The number of benzene rings is 6. The molecule has 0 aliphatic heterocycles. The molecule has 0 N–H and O–H groups in total. The smallest absolute Gasteiger partial charge is 0.163 e. The molecule has 55 heavy (non-hydrogen) atoms. The van der Waals surface area contributed by atoms with Crippen LogP contribution in [0.2, 0.25) is 0 Å². The zero-order chi connectivity index (χ0) is 35.8. The van der Waals surface area contributed by atoms with Crippen LogP contribution in [-0.2, 0) is 5.41 Å². The molecular formula is C49H36N4OS. The first-order chi connectivity index (χ1) is 27.2. The van der Waals surface area contributed by atoms with Gasteiger partial charge in [0.25, 0.3) is 0 Å². The Kier molecular flexibility index (Phi) is 6.16. The summed E-state index contributed by atoms with van der Waals surface area (Å²) in [6, 6.07) is 45.5. The minimum Gasteiger partial charge on any atom is -0.455 e. The summed E-state index contributed by atoms with van der Waals surface area (Å²) < 4.78 is 11.8. The van der Waals surface area contributed by atoms with Gasteiger partial charge in [-0.15, -0.1) is 11.3 Å². The summed E-state index contributed by atoms with van der Waals surface area (Å²) in [5, 5.41) is 7.27. The van der Waals surface area contributed by atoms with Crippen molar-refractivity contribution in [2.75, 3.05) is 0 Å². The Labute approximate surface area is 321 Å². The Morgan fingerprint density at radius 1 is 0.564 bits per heavy atom. The zero-order valence-corrected chi connectivity index (χ0v) is 31.0. The van der Waals surface area contributed by atoms with Gasteiger partial charge in [-0.1, -0.05) is 84.9 Å². The lowest BCUT2D eigenvalue weighted by Crippen LogP contribution is -2.49. The van der Waals surface area contributed by atoms with E-state index in [1.807, 2.05) is 11.3 Å². The fraction of sp³-hybridized carbons (Fsp3) is 0.204. The van der Waals surface area contributed by atoms with E-state index in [1.54, 1.807) is 0 Å². The minimum absolute atomic E-state index is 0.0650. The maximum atomic E-state index is 6.82. The third-order valence-electron chi connectivity index (χ3n) is 13.3. The van der Waals surface area contributed by atoms with Crippen molar-refractivity contribution in [3.63, 3.8) is 0 Å². The number of hydrogen-bond donors (Lipinski definition) is 0. The third-order valence-corrected chi connectivity index (χ3v) is 14.5. The minimum atomic E-state index is 0.0650. The summed E-state index contributed by atoms with van der Waals surface area (Å²) in [4.78, 5) is 15.9. The summed E-state index contributed by atoms with van der Waals surface area (Å²) in [5.74, 6) is 5.00. The normalized spacial score (nSPS) is 22.0. The molecule has 14 rings (SSSR count). The van der Waals surface area contributed by atoms with Crippen LogP contribution >= 0.6 is 11.3 Å². The highest BCUT2D eigenvalue weighted by molar-refractivity contribution is 7.27. The van der Waals surface area contributed by atoms with E-state index in [1.165, 1.54) is 80.5 Å². The molecular weight excluding hydrogens is 693 g/mol. The van der Waals surface area contributed by atoms with Crippen molar-refractivity contribution in [2.45, 2.75) is 43.9 Å². The lowest BCUT2D eigenvalue weighted by molar-refractivity contribution is -0.00938. The molecule has 0 saturated heterocycles. The number of nitrogens with zero attached hydrogens (tertiary/aromatic N) is 4. The number of furan rings is 1. The van der Waals surface area contributed by atoms with Gasteiger partial charge < -0.3 is 8.98 Å². The van der Waals surface area contributed by atoms with Gasteiger partial charge in [0.15, 0.2) is 11.6 Å². The van der Waals surface area contributed by atoms with E-state index < -0.39 is 0 Å². The Balaban J connectivity index is 1.04. The Hall–Kier alpha value is -5.85. The van der Waals surface area contributed by atoms with Crippen LogP contribution < -0.4 is 0 Å². The Morgan fingerprint density at radius 3 is 1.93 bits per heavy atom. The van der Waals surface area contributed by atoms with Crippen LogP contribution in [0.4, 0.5) is 0 Å². The van der Waals surface area contributed by atoms with E-state index in [4.69, 9.17) is 19.4 Å². The lowest BCUT2D eigenvalue weighted by Gasteiger charge is -2.56. The first kappa shape index (κ1) is 30.5. The third kappa shape index (κ3) is 4.32. The fourth-order valence-corrected chi connectivity index (χ4v) is 12.7. The van der Waals surface area contributed by atoms with Crippen molar-refractivity contribution in [3.8, 4) is 28.5 Å². The summed E-state index contributed by atoms with van der Waals surface area (Å²) in [6.07, 6.45) is 7.82. The average Bonchev–Trinajstić information content (AvgIpc) is 3.90. The predicted molar refractivity (Wildman–Crippen MR) is 225 cm³/mol. The standard InChI is InChI=1S/C49H36N4OS/c1-2-10-31(11-3-1)46-50-47(52-48(51-46)49-25-28-22-29(26-49)24-30(23-28)27-49)32-18-20-33(21-19-32)53-37-15-7-4-12-34(37)41-43(53)40-35-13-5-8-16-38(35)54-44(40)42-36-14-6-9-17-39(36)55-45(41)42/h1-21,28-30H,22-27H2. The number of hydrogen-bond acceptors (Lipinski definition) is 5. The fourth-order valence-electron chi connectivity index (χ4n) is 11.5. The molecule has 4 saturated carbocycles. The van der Waals surface area contributed by atoms with E-state index in [-0.39, 0.29) is 5.41 Å². The van der Waals surface area contributed by atoms with Crippen molar-refractivity contribution in [1.82, 2.24) is 19.5 Å². The summed E-state index contributed by atoms with van der Waals surface area (Å²) in [5.41, 5.74) is 7.45. The molecule has 0 unspecified atom stereocenters. The maximum absolute atomic E-state index is 6.82. The van der Waals surface area contributed by atoms with Gasteiger partial charge in [0.05, 0.1) is 16.4 Å². The van der Waals surface area contributed by atoms with Crippen LogP contribution in [0.25, 0.3) is 92.4 Å². The Bertz CT molecular complexity index is 3120. The molecule has 0 spiro atoms.